The summed E-state index contributed by atoms with van der Waals surface area (Å²) in [6, 6.07) is 14.3. The topological polar surface area (TPSA) is 173 Å². The van der Waals surface area contributed by atoms with Gasteiger partial charge in [-0.05, 0) is 74.9 Å². The van der Waals surface area contributed by atoms with Crippen molar-refractivity contribution in [3.8, 4) is 11.5 Å². The van der Waals surface area contributed by atoms with Crippen molar-refractivity contribution >= 4 is 29.8 Å². The molecule has 2 aliphatic carbocycles. The molecule has 2 unspecified atom stereocenters. The number of methoxy groups -OCH3 is 2. The highest BCUT2D eigenvalue weighted by Gasteiger charge is 2.88. The molecule has 1 amide bonds. The monoisotopic (exact) mass is 624 g/mol. The normalized spacial score (nSPS) is 27.2. The maximum atomic E-state index is 13.8. The van der Waals surface area contributed by atoms with E-state index < -0.39 is 57.6 Å². The molecule has 2 saturated carbocycles. The van der Waals surface area contributed by atoms with Crippen molar-refractivity contribution in [1.29, 1.82) is 0 Å². The maximum absolute atomic E-state index is 13.8. The number of hydrogen-bond donors (Lipinski definition) is 4. The van der Waals surface area contributed by atoms with E-state index in [0.29, 0.717) is 22.2 Å². The van der Waals surface area contributed by atoms with Gasteiger partial charge in [-0.15, -0.1) is 0 Å². The van der Waals surface area contributed by atoms with E-state index in [1.54, 1.807) is 64.3 Å². The molecule has 6 atom stereocenters. The number of carbonyl (C=O) groups excluding carboxylic acids is 1. The molecule has 13 heteroatoms. The van der Waals surface area contributed by atoms with E-state index in [1.165, 1.54) is 25.2 Å². The minimum Gasteiger partial charge on any atom is -0.497 e. The molecule has 0 aliphatic heterocycles. The van der Waals surface area contributed by atoms with Crippen molar-refractivity contribution in [2.75, 3.05) is 14.2 Å². The van der Waals surface area contributed by atoms with E-state index >= 15 is 0 Å². The zero-order chi connectivity index (χ0) is 31.9. The number of H-pyrrole nitrogens is 1. The zero-order valence-corrected chi connectivity index (χ0v) is 25.9. The number of aromatic nitrogens is 3. The minimum absolute atomic E-state index is 0.0767. The van der Waals surface area contributed by atoms with Crippen LogP contribution in [0, 0.1) is 23.2 Å². The lowest BCUT2D eigenvalue weighted by atomic mass is 9.68. The van der Waals surface area contributed by atoms with Crippen molar-refractivity contribution in [3.63, 3.8) is 0 Å². The fraction of sp³-hybridized carbons (Fsp3) is 0.452. The number of hydrogen-bond acceptors (Lipinski definition) is 9. The van der Waals surface area contributed by atoms with Gasteiger partial charge in [0.1, 0.15) is 23.4 Å². The van der Waals surface area contributed by atoms with Gasteiger partial charge < -0.3 is 29.7 Å². The largest absolute Gasteiger partial charge is 0.497 e. The summed E-state index contributed by atoms with van der Waals surface area (Å²) >= 11 is 1.25. The van der Waals surface area contributed by atoms with Gasteiger partial charge in [-0.1, -0.05) is 36.0 Å². The molecule has 0 radical (unpaired) electrons. The van der Waals surface area contributed by atoms with Crippen LogP contribution in [-0.2, 0) is 27.2 Å². The number of carboxylic acid groups (broad SMARTS) is 2. The van der Waals surface area contributed by atoms with E-state index in [-0.39, 0.29) is 12.8 Å². The van der Waals surface area contributed by atoms with Crippen LogP contribution >= 0.6 is 11.8 Å². The van der Waals surface area contributed by atoms with Crippen LogP contribution in [0.4, 0.5) is 4.79 Å². The highest BCUT2D eigenvalue weighted by molar-refractivity contribution is 7.99. The van der Waals surface area contributed by atoms with Gasteiger partial charge >= 0.3 is 18.0 Å². The lowest BCUT2D eigenvalue weighted by Gasteiger charge is -2.43. The van der Waals surface area contributed by atoms with Gasteiger partial charge in [-0.25, -0.2) is 14.6 Å². The first kappa shape index (κ1) is 31.2. The Morgan fingerprint density at radius 3 is 2.05 bits per heavy atom. The Labute approximate surface area is 258 Å². The minimum atomic E-state index is -2.04. The molecule has 4 N–H and O–H groups in total. The number of alkyl carbamates (subject to hydrolysis) is 1. The highest BCUT2D eigenvalue weighted by atomic mass is 32.2. The lowest BCUT2D eigenvalue weighted by Crippen LogP contribution is -2.66. The molecule has 3 aromatic rings. The number of nitrogens with zero attached hydrogens (tertiary/aromatic N) is 2. The number of benzene rings is 2. The Kier molecular flexibility index (Phi) is 8.27. The molecule has 234 valence electrons. The Morgan fingerprint density at radius 2 is 1.57 bits per heavy atom. The number of carbonyl (C=O) groups is 3. The highest BCUT2D eigenvalue weighted by Crippen LogP contribution is 2.78. The molecule has 2 aliphatic rings. The number of carboxylic acids is 2. The first-order valence-corrected chi connectivity index (χ1v) is 15.0. The molecule has 0 saturated heterocycles. The number of rotatable bonds is 11. The van der Waals surface area contributed by atoms with Crippen molar-refractivity contribution in [2.45, 2.75) is 55.2 Å². The van der Waals surface area contributed by atoms with Gasteiger partial charge in [-0.3, -0.25) is 9.89 Å². The van der Waals surface area contributed by atoms with Crippen LogP contribution in [-0.4, -0.2) is 74.0 Å². The van der Waals surface area contributed by atoms with Crippen LogP contribution in [0.5, 0.6) is 11.5 Å². The Morgan fingerprint density at radius 1 is 0.977 bits per heavy atom. The second-order valence-electron chi connectivity index (χ2n) is 12.2. The van der Waals surface area contributed by atoms with Crippen LogP contribution in [0.25, 0.3) is 0 Å². The third-order valence-electron chi connectivity index (χ3n) is 8.65. The second kappa shape index (κ2) is 11.7. The SMILES string of the molecule is COc1ccc(CC2[C@@H](Sc3ncn[nH]3)C3[C@@H](C(=O)O)[C@@]3(Cc3ccc(OC)cc3)[C@]2(NC(=O)OC(C)(C)C)C(=O)O)cc1. The summed E-state index contributed by atoms with van der Waals surface area (Å²) in [4.78, 5) is 44.6. The number of aliphatic carboxylic acids is 2. The van der Waals surface area contributed by atoms with E-state index in [9.17, 15) is 24.6 Å². The standard InChI is InChI=1S/C31H36N4O8S/c1-29(2,3)43-28(40)34-31(26(38)39)21(14-17-6-10-19(41-4)11-7-17)24(44-27-32-16-33-35-27)22-23(25(36)37)30(22,31)15-18-8-12-20(42-5)13-9-18/h6-13,16,21-24H,14-15H2,1-5H3,(H,34,40)(H,36,37)(H,38,39)(H,32,33,35)/t21?,22?,23-,24+,30-,31+/m0/s1. The fourth-order valence-corrected chi connectivity index (χ4v) is 8.51. The first-order chi connectivity index (χ1) is 20.9. The molecule has 12 nitrogen and oxygen atoms in total. The number of ether oxygens (including phenoxy) is 3. The Bertz CT molecular complexity index is 1510. The summed E-state index contributed by atoms with van der Waals surface area (Å²) in [6.45, 7) is 5.04. The second-order valence-corrected chi connectivity index (χ2v) is 13.3. The van der Waals surface area contributed by atoms with Gasteiger partial charge in [0.25, 0.3) is 0 Å². The molecule has 0 bridgehead atoms. The summed E-state index contributed by atoms with van der Waals surface area (Å²) in [5.41, 5.74) is -2.88. The summed E-state index contributed by atoms with van der Waals surface area (Å²) in [5.74, 6) is -3.73. The number of thioether (sulfide) groups is 1. The third kappa shape index (κ3) is 5.44. The lowest BCUT2D eigenvalue weighted by molar-refractivity contribution is -0.152. The Hall–Kier alpha value is -4.26. The van der Waals surface area contributed by atoms with Gasteiger partial charge in [0, 0.05) is 16.6 Å². The summed E-state index contributed by atoms with van der Waals surface area (Å²) in [6.07, 6.45) is 0.692. The predicted octanol–water partition coefficient (Wildman–Crippen LogP) is 4.06. The van der Waals surface area contributed by atoms with Crippen LogP contribution in [0.15, 0.2) is 60.0 Å². The van der Waals surface area contributed by atoms with Crippen LogP contribution in [0.3, 0.4) is 0 Å². The average molecular weight is 625 g/mol. The van der Waals surface area contributed by atoms with E-state index in [1.807, 2.05) is 12.1 Å². The maximum Gasteiger partial charge on any atom is 0.408 e. The van der Waals surface area contributed by atoms with Crippen molar-refractivity contribution < 1.29 is 38.8 Å². The molecule has 1 heterocycles. The van der Waals surface area contributed by atoms with Crippen molar-refractivity contribution in [3.05, 3.63) is 66.0 Å². The quantitative estimate of drug-likeness (QED) is 0.242. The van der Waals surface area contributed by atoms with Crippen molar-refractivity contribution in [2.24, 2.45) is 23.2 Å². The summed E-state index contributed by atoms with van der Waals surface area (Å²) in [7, 11) is 3.09. The fourth-order valence-electron chi connectivity index (χ4n) is 7.03. The van der Waals surface area contributed by atoms with Crippen LogP contribution < -0.4 is 14.8 Å². The molecule has 0 spiro atoms. The van der Waals surface area contributed by atoms with E-state index in [2.05, 4.69) is 20.5 Å². The number of aromatic amines is 1. The molecule has 2 aromatic carbocycles. The first-order valence-electron chi connectivity index (χ1n) is 14.1. The van der Waals surface area contributed by atoms with E-state index in [0.717, 1.165) is 5.56 Å². The van der Waals surface area contributed by atoms with E-state index in [4.69, 9.17) is 14.2 Å². The summed E-state index contributed by atoms with van der Waals surface area (Å²) < 4.78 is 16.2. The van der Waals surface area contributed by atoms with Gasteiger partial charge in [0.15, 0.2) is 10.7 Å². The van der Waals surface area contributed by atoms with Crippen LogP contribution in [0.1, 0.15) is 31.9 Å². The summed E-state index contributed by atoms with van der Waals surface area (Å²) in [5, 5.41) is 31.2. The smallest absolute Gasteiger partial charge is 0.408 e. The zero-order valence-electron chi connectivity index (χ0n) is 25.1. The van der Waals surface area contributed by atoms with Crippen LogP contribution in [0.2, 0.25) is 0 Å². The number of amides is 1. The predicted molar refractivity (Wildman–Crippen MR) is 160 cm³/mol. The molecule has 44 heavy (non-hydrogen) atoms. The van der Waals surface area contributed by atoms with Gasteiger partial charge in [0.2, 0.25) is 0 Å². The molecule has 2 fully saturated rings. The third-order valence-corrected chi connectivity index (χ3v) is 9.97. The molecular weight excluding hydrogens is 588 g/mol. The van der Waals surface area contributed by atoms with Gasteiger partial charge in [-0.2, -0.15) is 5.10 Å². The Balaban J connectivity index is 1.70. The molecule has 5 rings (SSSR count). The molecular formula is C31H36N4O8S. The molecule has 1 aromatic heterocycles. The average Bonchev–Trinajstić information content (AvgIpc) is 3.24. The number of nitrogens with one attached hydrogen (secondary N) is 2. The van der Waals surface area contributed by atoms with Crippen molar-refractivity contribution in [1.82, 2.24) is 20.5 Å². The van der Waals surface area contributed by atoms with Gasteiger partial charge in [0.05, 0.1) is 20.1 Å². The number of fused-ring (bicyclic) bond motifs is 1.